The van der Waals surface area contributed by atoms with Gasteiger partial charge in [-0.25, -0.2) is 8.78 Å². The lowest BCUT2D eigenvalue weighted by atomic mass is 10.1. The molecule has 1 amide bonds. The van der Waals surface area contributed by atoms with Crippen molar-refractivity contribution in [1.29, 1.82) is 0 Å². The number of hydrogen-bond donors (Lipinski definition) is 0. The van der Waals surface area contributed by atoms with Crippen LogP contribution in [0.2, 0.25) is 0 Å². The Labute approximate surface area is 139 Å². The largest absolute Gasteiger partial charge is 0.465 e. The smallest absolute Gasteiger partial charge is 0.247 e. The number of carbonyl (C=O) groups excluding carboxylic acids is 1. The van der Waals surface area contributed by atoms with Gasteiger partial charge >= 0.3 is 0 Å². The molecule has 3 nitrogen and oxygen atoms in total. The van der Waals surface area contributed by atoms with Crippen molar-refractivity contribution < 1.29 is 18.0 Å². The van der Waals surface area contributed by atoms with Gasteiger partial charge in [-0.1, -0.05) is 18.9 Å². The van der Waals surface area contributed by atoms with Crippen molar-refractivity contribution in [3.8, 4) is 0 Å². The standard InChI is InChI=1S/C19H19F2NO2/c20-17-8-3-9-18(21)16(17)13-22(14-5-1-2-6-14)19(23)11-10-15-7-4-12-24-15/h3-4,7-12,14H,1-2,5-6,13H2/b11-10+. The van der Waals surface area contributed by atoms with E-state index >= 15 is 0 Å². The summed E-state index contributed by atoms with van der Waals surface area (Å²) < 4.78 is 33.1. The zero-order valence-electron chi connectivity index (χ0n) is 13.3. The average molecular weight is 331 g/mol. The van der Waals surface area contributed by atoms with Crippen LogP contribution in [-0.4, -0.2) is 16.8 Å². The second kappa shape index (κ2) is 7.43. The first-order valence-electron chi connectivity index (χ1n) is 8.10. The van der Waals surface area contributed by atoms with Crippen LogP contribution >= 0.6 is 0 Å². The molecule has 0 bridgehead atoms. The van der Waals surface area contributed by atoms with Crippen LogP contribution in [0.4, 0.5) is 8.78 Å². The second-order valence-corrected chi connectivity index (χ2v) is 5.95. The van der Waals surface area contributed by atoms with Crippen LogP contribution in [-0.2, 0) is 11.3 Å². The molecule has 3 rings (SSSR count). The summed E-state index contributed by atoms with van der Waals surface area (Å²) in [5, 5.41) is 0. The Kier molecular flexibility index (Phi) is 5.08. The number of hydrogen-bond acceptors (Lipinski definition) is 2. The molecule has 126 valence electrons. The van der Waals surface area contributed by atoms with E-state index in [2.05, 4.69) is 0 Å². The van der Waals surface area contributed by atoms with E-state index in [0.717, 1.165) is 25.7 Å². The van der Waals surface area contributed by atoms with Gasteiger partial charge < -0.3 is 9.32 Å². The monoisotopic (exact) mass is 331 g/mol. The minimum absolute atomic E-state index is 0.0118. The van der Waals surface area contributed by atoms with Gasteiger partial charge in [0.05, 0.1) is 12.8 Å². The van der Waals surface area contributed by atoms with Gasteiger partial charge in [0, 0.05) is 17.7 Å². The Balaban J connectivity index is 1.82. The molecule has 1 saturated carbocycles. The van der Waals surface area contributed by atoms with Crippen LogP contribution < -0.4 is 0 Å². The van der Waals surface area contributed by atoms with E-state index in [1.54, 1.807) is 23.1 Å². The number of furan rings is 1. The molecular weight excluding hydrogens is 312 g/mol. The molecule has 0 spiro atoms. The van der Waals surface area contributed by atoms with Gasteiger partial charge in [-0.05, 0) is 43.2 Å². The highest BCUT2D eigenvalue weighted by molar-refractivity contribution is 5.91. The number of rotatable bonds is 5. The molecule has 1 fully saturated rings. The molecule has 2 aromatic rings. The summed E-state index contributed by atoms with van der Waals surface area (Å²) in [6.45, 7) is -0.0650. The maximum atomic E-state index is 14.0. The molecule has 0 atom stereocenters. The van der Waals surface area contributed by atoms with Gasteiger partial charge in [0.2, 0.25) is 5.91 Å². The highest BCUT2D eigenvalue weighted by atomic mass is 19.1. The van der Waals surface area contributed by atoms with E-state index in [9.17, 15) is 13.6 Å². The van der Waals surface area contributed by atoms with Gasteiger partial charge in [0.15, 0.2) is 0 Å². The summed E-state index contributed by atoms with van der Waals surface area (Å²) >= 11 is 0. The highest BCUT2D eigenvalue weighted by Gasteiger charge is 2.27. The molecule has 5 heteroatoms. The molecule has 0 aliphatic heterocycles. The van der Waals surface area contributed by atoms with Gasteiger partial charge in [-0.2, -0.15) is 0 Å². The molecule has 0 radical (unpaired) electrons. The molecule has 1 aliphatic carbocycles. The van der Waals surface area contributed by atoms with Gasteiger partial charge in [0.1, 0.15) is 17.4 Å². The van der Waals surface area contributed by atoms with Crippen molar-refractivity contribution in [1.82, 2.24) is 4.90 Å². The highest BCUT2D eigenvalue weighted by Crippen LogP contribution is 2.26. The zero-order valence-corrected chi connectivity index (χ0v) is 13.3. The lowest BCUT2D eigenvalue weighted by molar-refractivity contribution is -0.128. The zero-order chi connectivity index (χ0) is 16.9. The lowest BCUT2D eigenvalue weighted by Crippen LogP contribution is -2.37. The number of nitrogens with zero attached hydrogens (tertiary/aromatic N) is 1. The maximum absolute atomic E-state index is 14.0. The Morgan fingerprint density at radius 3 is 2.50 bits per heavy atom. The Morgan fingerprint density at radius 1 is 1.17 bits per heavy atom. The molecule has 1 heterocycles. The van der Waals surface area contributed by atoms with Crippen molar-refractivity contribution in [2.24, 2.45) is 0 Å². The van der Waals surface area contributed by atoms with Crippen LogP contribution in [0.15, 0.2) is 47.1 Å². The SMILES string of the molecule is O=C(/C=C/c1ccco1)N(Cc1c(F)cccc1F)C1CCCC1. The minimum Gasteiger partial charge on any atom is -0.465 e. The topological polar surface area (TPSA) is 33.5 Å². The molecule has 24 heavy (non-hydrogen) atoms. The van der Waals surface area contributed by atoms with E-state index in [0.29, 0.717) is 5.76 Å². The third-order valence-electron chi connectivity index (χ3n) is 4.37. The average Bonchev–Trinajstić information content (AvgIpc) is 3.26. The third kappa shape index (κ3) is 3.72. The maximum Gasteiger partial charge on any atom is 0.247 e. The van der Waals surface area contributed by atoms with E-state index in [1.165, 1.54) is 30.5 Å². The van der Waals surface area contributed by atoms with Crippen LogP contribution in [0, 0.1) is 11.6 Å². The van der Waals surface area contributed by atoms with E-state index in [-0.39, 0.29) is 24.1 Å². The molecule has 0 N–H and O–H groups in total. The van der Waals surface area contributed by atoms with Gasteiger partial charge in [0.25, 0.3) is 0 Å². The number of carbonyl (C=O) groups is 1. The van der Waals surface area contributed by atoms with E-state index in [4.69, 9.17) is 4.42 Å². The van der Waals surface area contributed by atoms with E-state index in [1.807, 2.05) is 0 Å². The summed E-state index contributed by atoms with van der Waals surface area (Å²) in [6, 6.07) is 7.24. The van der Waals surface area contributed by atoms with Gasteiger partial charge in [-0.3, -0.25) is 4.79 Å². The fraction of sp³-hybridized carbons (Fsp3) is 0.316. The van der Waals surface area contributed by atoms with Crippen LogP contribution in [0.3, 0.4) is 0 Å². The lowest BCUT2D eigenvalue weighted by Gasteiger charge is -2.28. The molecule has 1 aromatic heterocycles. The second-order valence-electron chi connectivity index (χ2n) is 5.95. The van der Waals surface area contributed by atoms with Crippen LogP contribution in [0.5, 0.6) is 0 Å². The predicted octanol–water partition coefficient (Wildman–Crippen LogP) is 4.54. The Hall–Kier alpha value is -2.43. The molecule has 1 aromatic carbocycles. The van der Waals surface area contributed by atoms with Crippen LogP contribution in [0.1, 0.15) is 37.0 Å². The molecule has 0 saturated heterocycles. The summed E-state index contributed by atoms with van der Waals surface area (Å²) in [7, 11) is 0. The molecular formula is C19H19F2NO2. The fourth-order valence-electron chi connectivity index (χ4n) is 3.09. The fourth-order valence-corrected chi connectivity index (χ4v) is 3.09. The van der Waals surface area contributed by atoms with Crippen molar-refractivity contribution >= 4 is 12.0 Å². The Bertz CT molecular complexity index is 699. The van der Waals surface area contributed by atoms with Crippen molar-refractivity contribution in [2.75, 3.05) is 0 Å². The number of halogens is 2. The summed E-state index contributed by atoms with van der Waals surface area (Å²) in [5.41, 5.74) is -0.0656. The molecule has 0 unspecified atom stereocenters. The van der Waals surface area contributed by atoms with Crippen LogP contribution in [0.25, 0.3) is 6.08 Å². The summed E-state index contributed by atoms with van der Waals surface area (Å²) in [5.74, 6) is -0.950. The third-order valence-corrected chi connectivity index (χ3v) is 4.37. The predicted molar refractivity (Wildman–Crippen MR) is 86.9 cm³/mol. The first-order valence-corrected chi connectivity index (χ1v) is 8.10. The first kappa shape index (κ1) is 16.4. The quantitative estimate of drug-likeness (QED) is 0.754. The van der Waals surface area contributed by atoms with Crippen molar-refractivity contribution in [2.45, 2.75) is 38.3 Å². The summed E-state index contributed by atoms with van der Waals surface area (Å²) in [6.07, 6.45) is 8.25. The van der Waals surface area contributed by atoms with E-state index < -0.39 is 11.6 Å². The molecule has 1 aliphatic rings. The van der Waals surface area contributed by atoms with Crippen molar-refractivity contribution in [3.05, 3.63) is 65.6 Å². The summed E-state index contributed by atoms with van der Waals surface area (Å²) in [4.78, 5) is 14.2. The minimum atomic E-state index is -0.624. The van der Waals surface area contributed by atoms with Gasteiger partial charge in [-0.15, -0.1) is 0 Å². The number of amides is 1. The first-order chi connectivity index (χ1) is 11.6. The normalized spacial score (nSPS) is 15.2. The Morgan fingerprint density at radius 2 is 1.88 bits per heavy atom. The van der Waals surface area contributed by atoms with Crippen molar-refractivity contribution in [3.63, 3.8) is 0 Å². The number of benzene rings is 1.